The number of nitrogens with zero attached hydrogens (tertiary/aromatic N) is 3. The summed E-state index contributed by atoms with van der Waals surface area (Å²) in [6.07, 6.45) is 1.76. The van der Waals surface area contributed by atoms with Crippen LogP contribution in [0.5, 0.6) is 0 Å². The number of aliphatic carboxylic acids is 1. The first-order valence-electron chi connectivity index (χ1n) is 4.39. The Labute approximate surface area is 85.3 Å². The molecule has 0 aliphatic heterocycles. The minimum atomic E-state index is -1.18. The summed E-state index contributed by atoms with van der Waals surface area (Å²) >= 11 is 0. The van der Waals surface area contributed by atoms with Gasteiger partial charge in [0.25, 0.3) is 0 Å². The maximum absolute atomic E-state index is 10.6. The normalized spacial score (nSPS) is 12.9. The highest BCUT2D eigenvalue weighted by atomic mass is 16.4. The van der Waals surface area contributed by atoms with Crippen molar-refractivity contribution in [2.24, 2.45) is 5.73 Å². The molecule has 0 aromatic carbocycles. The van der Waals surface area contributed by atoms with E-state index in [0.29, 0.717) is 5.65 Å². The summed E-state index contributed by atoms with van der Waals surface area (Å²) < 4.78 is 1.52. The average molecular weight is 206 g/mol. The molecule has 78 valence electrons. The second-order valence-corrected chi connectivity index (χ2v) is 3.30. The topological polar surface area (TPSA) is 93.5 Å². The Morgan fingerprint density at radius 3 is 3.00 bits per heavy atom. The van der Waals surface area contributed by atoms with Crippen LogP contribution in [0.3, 0.4) is 0 Å². The third-order valence-corrected chi connectivity index (χ3v) is 2.04. The number of aryl methyl sites for hydroxylation is 1. The molecule has 2 rings (SSSR count). The fraction of sp³-hybridized carbons (Fsp3) is 0.222. The van der Waals surface area contributed by atoms with Crippen molar-refractivity contribution in [2.45, 2.75) is 13.0 Å². The molecule has 0 aliphatic carbocycles. The summed E-state index contributed by atoms with van der Waals surface area (Å²) in [5.41, 5.74) is 7.01. The quantitative estimate of drug-likeness (QED) is 0.728. The molecule has 0 radical (unpaired) electrons. The molecule has 6 heteroatoms. The van der Waals surface area contributed by atoms with Gasteiger partial charge in [0.2, 0.25) is 0 Å². The fourth-order valence-electron chi connectivity index (χ4n) is 1.25. The lowest BCUT2D eigenvalue weighted by atomic mass is 10.3. The molecule has 0 saturated carbocycles. The largest absolute Gasteiger partial charge is 0.480 e. The molecule has 0 amide bonds. The van der Waals surface area contributed by atoms with Gasteiger partial charge in [-0.15, -0.1) is 5.10 Å². The van der Waals surface area contributed by atoms with Crippen molar-refractivity contribution in [3.63, 3.8) is 0 Å². The number of carboxylic acids is 1. The van der Waals surface area contributed by atoms with Crippen LogP contribution in [0.25, 0.3) is 5.65 Å². The number of nitrogens with two attached hydrogens (primary N) is 1. The molecule has 3 N–H and O–H groups in total. The number of carbonyl (C=O) groups is 1. The zero-order valence-electron chi connectivity index (χ0n) is 8.08. The second kappa shape index (κ2) is 3.32. The number of rotatable bonds is 2. The lowest BCUT2D eigenvalue weighted by molar-refractivity contribution is -0.138. The highest BCUT2D eigenvalue weighted by Gasteiger charge is 2.19. The van der Waals surface area contributed by atoms with Crippen molar-refractivity contribution in [3.05, 3.63) is 29.7 Å². The van der Waals surface area contributed by atoms with Crippen molar-refractivity contribution in [1.29, 1.82) is 0 Å². The lowest BCUT2D eigenvalue weighted by Gasteiger charge is -1.97. The molecule has 15 heavy (non-hydrogen) atoms. The first kappa shape index (κ1) is 9.60. The first-order valence-corrected chi connectivity index (χ1v) is 4.39. The number of pyridine rings is 1. The number of hydrogen-bond donors (Lipinski definition) is 2. The highest BCUT2D eigenvalue weighted by molar-refractivity contribution is 5.74. The Kier molecular flexibility index (Phi) is 2.12. The molecular weight excluding hydrogens is 196 g/mol. The average Bonchev–Trinajstić information content (AvgIpc) is 2.58. The summed E-state index contributed by atoms with van der Waals surface area (Å²) in [5.74, 6) is -1.02. The maximum Gasteiger partial charge on any atom is 0.328 e. The van der Waals surface area contributed by atoms with Gasteiger partial charge in [-0.2, -0.15) is 0 Å². The van der Waals surface area contributed by atoms with Gasteiger partial charge in [-0.1, -0.05) is 6.07 Å². The van der Waals surface area contributed by atoms with E-state index in [4.69, 9.17) is 10.8 Å². The number of carboxylic acid groups (broad SMARTS) is 1. The predicted molar refractivity (Wildman–Crippen MR) is 52.3 cm³/mol. The number of hydrogen-bond acceptors (Lipinski definition) is 4. The SMILES string of the molecule is Cc1ccc2nc(C(N)C(=O)O)nn2c1. The summed E-state index contributed by atoms with van der Waals surface area (Å²) in [6.45, 7) is 1.91. The smallest absolute Gasteiger partial charge is 0.328 e. The van der Waals surface area contributed by atoms with Crippen molar-refractivity contribution in [2.75, 3.05) is 0 Å². The van der Waals surface area contributed by atoms with Gasteiger partial charge in [-0.3, -0.25) is 4.79 Å². The standard InChI is InChI=1S/C9H10N4O2/c1-5-2-3-6-11-8(7(10)9(14)15)12-13(6)4-5/h2-4,7H,10H2,1H3,(H,14,15). The fourth-order valence-corrected chi connectivity index (χ4v) is 1.25. The van der Waals surface area contributed by atoms with Gasteiger partial charge in [-0.05, 0) is 18.6 Å². The minimum absolute atomic E-state index is 0.119. The Morgan fingerprint density at radius 2 is 2.33 bits per heavy atom. The maximum atomic E-state index is 10.6. The van der Waals surface area contributed by atoms with Crippen LogP contribution >= 0.6 is 0 Å². The molecule has 2 aromatic rings. The van der Waals surface area contributed by atoms with E-state index in [1.807, 2.05) is 13.0 Å². The van der Waals surface area contributed by atoms with Crippen LogP contribution in [0.15, 0.2) is 18.3 Å². The van der Waals surface area contributed by atoms with Crippen molar-refractivity contribution >= 4 is 11.6 Å². The summed E-state index contributed by atoms with van der Waals surface area (Å²) in [4.78, 5) is 14.7. The first-order chi connectivity index (χ1) is 7.08. The molecule has 1 atom stereocenters. The van der Waals surface area contributed by atoms with E-state index in [2.05, 4.69) is 10.1 Å². The molecule has 0 bridgehead atoms. The molecule has 2 heterocycles. The Balaban J connectivity index is 2.51. The second-order valence-electron chi connectivity index (χ2n) is 3.30. The predicted octanol–water partition coefficient (Wildman–Crippen LogP) is 0.122. The van der Waals surface area contributed by atoms with Crippen LogP contribution < -0.4 is 5.73 Å². The summed E-state index contributed by atoms with van der Waals surface area (Å²) in [5, 5.41) is 12.7. The van der Waals surface area contributed by atoms with Crippen LogP contribution in [0.4, 0.5) is 0 Å². The van der Waals surface area contributed by atoms with Crippen molar-refractivity contribution in [3.8, 4) is 0 Å². The van der Waals surface area contributed by atoms with Crippen molar-refractivity contribution in [1.82, 2.24) is 14.6 Å². The highest BCUT2D eigenvalue weighted by Crippen LogP contribution is 2.08. The van der Waals surface area contributed by atoms with Gasteiger partial charge in [0.1, 0.15) is 0 Å². The summed E-state index contributed by atoms with van der Waals surface area (Å²) in [7, 11) is 0. The number of aromatic nitrogens is 3. The Hall–Kier alpha value is -1.95. The zero-order valence-corrected chi connectivity index (χ0v) is 8.08. The molecule has 2 aromatic heterocycles. The van der Waals surface area contributed by atoms with E-state index in [9.17, 15) is 4.79 Å². The van der Waals surface area contributed by atoms with Gasteiger partial charge in [-0.25, -0.2) is 9.50 Å². The van der Waals surface area contributed by atoms with Gasteiger partial charge < -0.3 is 10.8 Å². The molecule has 0 fully saturated rings. The molecule has 0 saturated heterocycles. The van der Waals surface area contributed by atoms with Gasteiger partial charge in [0.05, 0.1) is 0 Å². The zero-order chi connectivity index (χ0) is 11.0. The van der Waals surface area contributed by atoms with E-state index in [-0.39, 0.29) is 5.82 Å². The van der Waals surface area contributed by atoms with E-state index in [0.717, 1.165) is 5.56 Å². The van der Waals surface area contributed by atoms with E-state index in [1.165, 1.54) is 4.52 Å². The van der Waals surface area contributed by atoms with Crippen molar-refractivity contribution < 1.29 is 9.90 Å². The monoisotopic (exact) mass is 206 g/mol. The van der Waals surface area contributed by atoms with Crippen LogP contribution in [0.2, 0.25) is 0 Å². The lowest BCUT2D eigenvalue weighted by Crippen LogP contribution is -2.22. The molecule has 0 aliphatic rings. The van der Waals surface area contributed by atoms with E-state index < -0.39 is 12.0 Å². The molecule has 0 spiro atoms. The van der Waals surface area contributed by atoms with Gasteiger partial charge in [0.15, 0.2) is 17.5 Å². The van der Waals surface area contributed by atoms with E-state index >= 15 is 0 Å². The molecule has 1 unspecified atom stereocenters. The third-order valence-electron chi connectivity index (χ3n) is 2.04. The van der Waals surface area contributed by atoms with Crippen LogP contribution in [0.1, 0.15) is 17.4 Å². The van der Waals surface area contributed by atoms with Gasteiger partial charge >= 0.3 is 5.97 Å². The van der Waals surface area contributed by atoms with Crippen LogP contribution in [0, 0.1) is 6.92 Å². The third kappa shape index (κ3) is 1.66. The Morgan fingerprint density at radius 1 is 1.60 bits per heavy atom. The summed E-state index contributed by atoms with van der Waals surface area (Å²) in [6, 6.07) is 2.46. The molecular formula is C9H10N4O2. The molecule has 6 nitrogen and oxygen atoms in total. The van der Waals surface area contributed by atoms with Crippen LogP contribution in [-0.2, 0) is 4.79 Å². The number of fused-ring (bicyclic) bond motifs is 1. The van der Waals surface area contributed by atoms with Gasteiger partial charge in [0, 0.05) is 6.20 Å². The van der Waals surface area contributed by atoms with Crippen LogP contribution in [-0.4, -0.2) is 25.7 Å². The van der Waals surface area contributed by atoms with E-state index in [1.54, 1.807) is 12.3 Å². The minimum Gasteiger partial charge on any atom is -0.480 e. The Bertz CT molecular complexity index is 520.